The lowest BCUT2D eigenvalue weighted by atomic mass is 10.2. The van der Waals surface area contributed by atoms with E-state index in [0.29, 0.717) is 19.1 Å². The van der Waals surface area contributed by atoms with Crippen LogP contribution in [0.4, 0.5) is 5.95 Å². The maximum absolute atomic E-state index is 5.49. The number of ether oxygens (including phenoxy) is 2. The molecule has 0 saturated heterocycles. The smallest absolute Gasteiger partial charge is 0.202 e. The standard InChI is InChI=1S/C12H23N3O2/c1-11(2)10-17-8-5-14-12-13-4-6-15(12)7-9-16-3/h4,6,11H,5,7-10H2,1-3H3,(H,13,14). The molecule has 0 fully saturated rings. The minimum Gasteiger partial charge on any atom is -0.383 e. The van der Waals surface area contributed by atoms with E-state index in [9.17, 15) is 0 Å². The highest BCUT2D eigenvalue weighted by molar-refractivity contribution is 5.25. The Labute approximate surface area is 103 Å². The predicted octanol–water partition coefficient (Wildman–Crippen LogP) is 1.61. The molecule has 5 heteroatoms. The normalized spacial score (nSPS) is 11.1. The predicted molar refractivity (Wildman–Crippen MR) is 68.2 cm³/mol. The van der Waals surface area contributed by atoms with Gasteiger partial charge in [0.15, 0.2) is 0 Å². The van der Waals surface area contributed by atoms with E-state index in [4.69, 9.17) is 9.47 Å². The van der Waals surface area contributed by atoms with Gasteiger partial charge in [-0.2, -0.15) is 0 Å². The van der Waals surface area contributed by atoms with Gasteiger partial charge in [0.25, 0.3) is 0 Å². The third-order valence-corrected chi connectivity index (χ3v) is 2.23. The van der Waals surface area contributed by atoms with Gasteiger partial charge in [-0.3, -0.25) is 0 Å². The highest BCUT2D eigenvalue weighted by Gasteiger charge is 2.01. The van der Waals surface area contributed by atoms with Gasteiger partial charge in [-0.15, -0.1) is 0 Å². The Morgan fingerprint density at radius 2 is 2.24 bits per heavy atom. The van der Waals surface area contributed by atoms with Gasteiger partial charge in [0.05, 0.1) is 13.2 Å². The van der Waals surface area contributed by atoms with Crippen molar-refractivity contribution in [2.45, 2.75) is 20.4 Å². The van der Waals surface area contributed by atoms with Crippen molar-refractivity contribution < 1.29 is 9.47 Å². The average molecular weight is 241 g/mol. The molecule has 0 atom stereocenters. The number of methoxy groups -OCH3 is 1. The van der Waals surface area contributed by atoms with E-state index in [1.54, 1.807) is 13.3 Å². The van der Waals surface area contributed by atoms with Crippen LogP contribution in [0.25, 0.3) is 0 Å². The molecule has 0 radical (unpaired) electrons. The Balaban J connectivity index is 2.19. The van der Waals surface area contributed by atoms with Crippen LogP contribution in [0.1, 0.15) is 13.8 Å². The van der Waals surface area contributed by atoms with Gasteiger partial charge in [0.2, 0.25) is 5.95 Å². The SMILES string of the molecule is COCCn1ccnc1NCCOCC(C)C. The fourth-order valence-electron chi connectivity index (χ4n) is 1.40. The summed E-state index contributed by atoms with van der Waals surface area (Å²) in [6.45, 7) is 8.07. The first-order chi connectivity index (χ1) is 8.24. The molecule has 0 bridgehead atoms. The molecule has 1 rings (SSSR count). The summed E-state index contributed by atoms with van der Waals surface area (Å²) in [7, 11) is 1.70. The van der Waals surface area contributed by atoms with Crippen molar-refractivity contribution in [3.63, 3.8) is 0 Å². The zero-order valence-electron chi connectivity index (χ0n) is 11.0. The van der Waals surface area contributed by atoms with Crippen molar-refractivity contribution in [1.29, 1.82) is 0 Å². The summed E-state index contributed by atoms with van der Waals surface area (Å²) >= 11 is 0. The Bertz CT molecular complexity index is 300. The second-order valence-corrected chi connectivity index (χ2v) is 4.33. The lowest BCUT2D eigenvalue weighted by Crippen LogP contribution is -2.15. The second kappa shape index (κ2) is 8.08. The molecule has 0 aliphatic carbocycles. The molecular weight excluding hydrogens is 218 g/mol. The van der Waals surface area contributed by atoms with Crippen LogP contribution in [0.5, 0.6) is 0 Å². The molecule has 1 heterocycles. The highest BCUT2D eigenvalue weighted by atomic mass is 16.5. The van der Waals surface area contributed by atoms with Gasteiger partial charge >= 0.3 is 0 Å². The molecule has 0 aliphatic rings. The minimum absolute atomic E-state index is 0.582. The summed E-state index contributed by atoms with van der Waals surface area (Å²) in [5.41, 5.74) is 0. The summed E-state index contributed by atoms with van der Waals surface area (Å²) in [6, 6.07) is 0. The van der Waals surface area contributed by atoms with Crippen LogP contribution in [0.3, 0.4) is 0 Å². The van der Waals surface area contributed by atoms with Crippen molar-refractivity contribution in [3.8, 4) is 0 Å². The zero-order valence-corrected chi connectivity index (χ0v) is 11.0. The Kier molecular flexibility index (Phi) is 6.65. The lowest BCUT2D eigenvalue weighted by molar-refractivity contribution is 0.118. The molecule has 1 aromatic heterocycles. The number of rotatable bonds is 9. The highest BCUT2D eigenvalue weighted by Crippen LogP contribution is 2.03. The second-order valence-electron chi connectivity index (χ2n) is 4.33. The molecule has 0 amide bonds. The Hall–Kier alpha value is -1.07. The number of aromatic nitrogens is 2. The first-order valence-corrected chi connectivity index (χ1v) is 6.05. The maximum Gasteiger partial charge on any atom is 0.202 e. The van der Waals surface area contributed by atoms with E-state index in [0.717, 1.165) is 25.6 Å². The number of imidazole rings is 1. The first-order valence-electron chi connectivity index (χ1n) is 6.05. The van der Waals surface area contributed by atoms with Crippen molar-refractivity contribution in [2.75, 3.05) is 38.8 Å². The molecule has 0 aliphatic heterocycles. The van der Waals surface area contributed by atoms with Crippen LogP contribution < -0.4 is 5.32 Å². The van der Waals surface area contributed by atoms with E-state index in [-0.39, 0.29) is 0 Å². The van der Waals surface area contributed by atoms with Gasteiger partial charge in [-0.25, -0.2) is 4.98 Å². The zero-order chi connectivity index (χ0) is 12.5. The van der Waals surface area contributed by atoms with Gasteiger partial charge in [-0.05, 0) is 5.92 Å². The largest absolute Gasteiger partial charge is 0.383 e. The third-order valence-electron chi connectivity index (χ3n) is 2.23. The topological polar surface area (TPSA) is 48.3 Å². The summed E-state index contributed by atoms with van der Waals surface area (Å²) in [4.78, 5) is 4.24. The first kappa shape index (κ1) is 14.0. The van der Waals surface area contributed by atoms with Gasteiger partial charge < -0.3 is 19.4 Å². The maximum atomic E-state index is 5.49. The van der Waals surface area contributed by atoms with E-state index in [1.165, 1.54) is 0 Å². The van der Waals surface area contributed by atoms with Crippen molar-refractivity contribution >= 4 is 5.95 Å². The number of anilines is 1. The minimum atomic E-state index is 0.582. The van der Waals surface area contributed by atoms with Crippen LogP contribution in [-0.2, 0) is 16.0 Å². The van der Waals surface area contributed by atoms with E-state index in [2.05, 4.69) is 24.1 Å². The molecule has 1 aromatic rings. The molecule has 0 unspecified atom stereocenters. The number of nitrogens with zero attached hydrogens (tertiary/aromatic N) is 2. The van der Waals surface area contributed by atoms with E-state index < -0.39 is 0 Å². The molecule has 0 saturated carbocycles. The molecule has 17 heavy (non-hydrogen) atoms. The van der Waals surface area contributed by atoms with E-state index >= 15 is 0 Å². The quantitative estimate of drug-likeness (QED) is 0.667. The van der Waals surface area contributed by atoms with Crippen LogP contribution in [0, 0.1) is 5.92 Å². The molecule has 98 valence electrons. The van der Waals surface area contributed by atoms with Crippen LogP contribution >= 0.6 is 0 Å². The summed E-state index contributed by atoms with van der Waals surface area (Å²) in [6.07, 6.45) is 3.73. The Morgan fingerprint density at radius 3 is 2.94 bits per heavy atom. The van der Waals surface area contributed by atoms with E-state index in [1.807, 2.05) is 10.8 Å². The number of hydrogen-bond donors (Lipinski definition) is 1. The van der Waals surface area contributed by atoms with Crippen LogP contribution in [0.2, 0.25) is 0 Å². The number of hydrogen-bond acceptors (Lipinski definition) is 4. The van der Waals surface area contributed by atoms with Gasteiger partial charge in [0, 0.05) is 39.2 Å². The monoisotopic (exact) mass is 241 g/mol. The number of nitrogens with one attached hydrogen (secondary N) is 1. The van der Waals surface area contributed by atoms with Gasteiger partial charge in [0.1, 0.15) is 0 Å². The van der Waals surface area contributed by atoms with Crippen LogP contribution in [0.15, 0.2) is 12.4 Å². The molecule has 0 aromatic carbocycles. The third kappa shape index (κ3) is 5.70. The van der Waals surface area contributed by atoms with Gasteiger partial charge in [-0.1, -0.05) is 13.8 Å². The Morgan fingerprint density at radius 1 is 1.41 bits per heavy atom. The van der Waals surface area contributed by atoms with Crippen molar-refractivity contribution in [2.24, 2.45) is 5.92 Å². The molecule has 5 nitrogen and oxygen atoms in total. The fraction of sp³-hybridized carbons (Fsp3) is 0.750. The van der Waals surface area contributed by atoms with Crippen LogP contribution in [-0.4, -0.2) is 43.0 Å². The summed E-state index contributed by atoms with van der Waals surface area (Å²) in [5.74, 6) is 1.45. The van der Waals surface area contributed by atoms with Crippen molar-refractivity contribution in [3.05, 3.63) is 12.4 Å². The lowest BCUT2D eigenvalue weighted by Gasteiger charge is -2.10. The van der Waals surface area contributed by atoms with Crippen molar-refractivity contribution in [1.82, 2.24) is 9.55 Å². The summed E-state index contributed by atoms with van der Waals surface area (Å²) in [5, 5.41) is 3.25. The molecule has 0 spiro atoms. The fourth-order valence-corrected chi connectivity index (χ4v) is 1.40. The summed E-state index contributed by atoms with van der Waals surface area (Å²) < 4.78 is 12.6. The average Bonchev–Trinajstić information content (AvgIpc) is 2.73. The molecular formula is C12H23N3O2. The molecule has 1 N–H and O–H groups in total.